The highest BCUT2D eigenvalue weighted by atomic mass is 31.1. The lowest BCUT2D eigenvalue weighted by Gasteiger charge is -2.32. The molecule has 0 spiro atoms. The maximum atomic E-state index is 6.91. The zero-order valence-corrected chi connectivity index (χ0v) is 27.8. The molecule has 5 aromatic rings. The molecular formula is C40H43O3P. The number of ether oxygens (including phenoxy) is 1. The van der Waals surface area contributed by atoms with E-state index < -0.39 is 0 Å². The van der Waals surface area contributed by atoms with E-state index in [1.54, 1.807) is 7.11 Å². The van der Waals surface area contributed by atoms with E-state index in [1.807, 2.05) is 6.07 Å². The number of hydrogen-bond donors (Lipinski definition) is 0. The molecule has 0 amide bonds. The van der Waals surface area contributed by atoms with E-state index in [1.165, 1.54) is 22.3 Å². The highest BCUT2D eigenvalue weighted by molar-refractivity contribution is 7.26. The first-order valence-corrected chi connectivity index (χ1v) is 16.0. The van der Waals surface area contributed by atoms with Crippen LogP contribution in [0.3, 0.4) is 0 Å². The molecule has 0 N–H and O–H groups in total. The predicted molar refractivity (Wildman–Crippen MR) is 185 cm³/mol. The van der Waals surface area contributed by atoms with Crippen LogP contribution in [-0.4, -0.2) is 7.11 Å². The van der Waals surface area contributed by atoms with E-state index in [-0.39, 0.29) is 25.3 Å². The molecule has 0 saturated heterocycles. The van der Waals surface area contributed by atoms with Crippen molar-refractivity contribution in [1.82, 2.24) is 0 Å². The van der Waals surface area contributed by atoms with Gasteiger partial charge in [-0.3, -0.25) is 0 Å². The average molecular weight is 603 g/mol. The molecule has 0 aliphatic rings. The molecule has 5 rings (SSSR count). The molecule has 1 atom stereocenters. The van der Waals surface area contributed by atoms with Gasteiger partial charge in [-0.1, -0.05) is 151 Å². The van der Waals surface area contributed by atoms with Crippen LogP contribution in [0.5, 0.6) is 17.2 Å². The second-order valence-corrected chi connectivity index (χ2v) is 13.6. The summed E-state index contributed by atoms with van der Waals surface area (Å²) in [5.41, 5.74) is 6.42. The third-order valence-corrected chi connectivity index (χ3v) is 9.45. The zero-order chi connectivity index (χ0) is 31.4. The monoisotopic (exact) mass is 602 g/mol. The van der Waals surface area contributed by atoms with Gasteiger partial charge in [-0.2, -0.15) is 0 Å². The zero-order valence-electron chi connectivity index (χ0n) is 26.8. The Kier molecular flexibility index (Phi) is 9.30. The summed E-state index contributed by atoms with van der Waals surface area (Å²) in [7, 11) is 1.50. The van der Waals surface area contributed by atoms with E-state index in [0.29, 0.717) is 11.5 Å². The van der Waals surface area contributed by atoms with Crippen LogP contribution in [-0.2, 0) is 20.8 Å². The Hall–Kier alpha value is -3.91. The molecule has 1 unspecified atom stereocenters. The van der Waals surface area contributed by atoms with Crippen molar-refractivity contribution in [1.29, 1.82) is 0 Å². The van der Waals surface area contributed by atoms with Crippen LogP contribution in [0, 0.1) is 0 Å². The highest BCUT2D eigenvalue weighted by Crippen LogP contribution is 2.46. The molecule has 5 aromatic carbocycles. The predicted octanol–water partition coefficient (Wildman–Crippen LogP) is 11.0. The Labute approximate surface area is 265 Å². The normalized spacial score (nSPS) is 12.4. The Bertz CT molecular complexity index is 1680. The van der Waals surface area contributed by atoms with Gasteiger partial charge in [0.1, 0.15) is 5.75 Å². The third-order valence-electron chi connectivity index (χ3n) is 8.98. The van der Waals surface area contributed by atoms with Gasteiger partial charge < -0.3 is 13.8 Å². The van der Waals surface area contributed by atoms with E-state index in [2.05, 4.69) is 163 Å². The van der Waals surface area contributed by atoms with Crippen LogP contribution < -0.4 is 9.26 Å². The second-order valence-electron chi connectivity index (χ2n) is 12.8. The van der Waals surface area contributed by atoms with Crippen molar-refractivity contribution in [3.05, 3.63) is 161 Å². The number of benzene rings is 5. The highest BCUT2D eigenvalue weighted by Gasteiger charge is 2.32. The summed E-state index contributed by atoms with van der Waals surface area (Å²) in [5, 5.41) is 0. The molecule has 226 valence electrons. The summed E-state index contributed by atoms with van der Waals surface area (Å²) in [6.45, 7) is 13.6. The van der Waals surface area contributed by atoms with E-state index in [9.17, 15) is 0 Å². The standard InChI is InChI=1S/C40H43O3P/c1-38(2,29-17-11-8-12-18-29)32-23-25-35(34(27-32)40(5,6)31-21-15-10-16-22-31)42-37-28-33(24-26-36(37)43-44-41-7)39(3,4)30-19-13-9-14-20-30/h8-28,44H,1-7H3. The minimum atomic E-state index is -0.338. The van der Waals surface area contributed by atoms with Crippen LogP contribution in [0.25, 0.3) is 0 Å². The minimum Gasteiger partial charge on any atom is -0.453 e. The van der Waals surface area contributed by atoms with Crippen LogP contribution in [0.15, 0.2) is 127 Å². The Morgan fingerprint density at radius 2 is 0.864 bits per heavy atom. The molecule has 0 aromatic heterocycles. The first kappa shape index (κ1) is 31.5. The number of rotatable bonds is 11. The smallest absolute Gasteiger partial charge is 0.215 e. The molecular weight excluding hydrogens is 559 g/mol. The van der Waals surface area contributed by atoms with Crippen molar-refractivity contribution < 1.29 is 13.8 Å². The fraction of sp³-hybridized carbons (Fsp3) is 0.250. The van der Waals surface area contributed by atoms with E-state index in [0.717, 1.165) is 16.9 Å². The van der Waals surface area contributed by atoms with Gasteiger partial charge in [-0.05, 0) is 46.0 Å². The van der Waals surface area contributed by atoms with Crippen molar-refractivity contribution in [2.45, 2.75) is 57.8 Å². The fourth-order valence-electron chi connectivity index (χ4n) is 5.82. The van der Waals surface area contributed by atoms with Gasteiger partial charge in [0, 0.05) is 28.9 Å². The van der Waals surface area contributed by atoms with Crippen molar-refractivity contribution in [2.24, 2.45) is 0 Å². The quantitative estimate of drug-likeness (QED) is 0.141. The molecule has 0 saturated carbocycles. The van der Waals surface area contributed by atoms with Gasteiger partial charge in [-0.15, -0.1) is 0 Å². The molecule has 0 aliphatic heterocycles. The van der Waals surface area contributed by atoms with Crippen molar-refractivity contribution in [3.8, 4) is 17.2 Å². The molecule has 0 bridgehead atoms. The summed E-state index contributed by atoms with van der Waals surface area (Å²) in [6.07, 6.45) is 0. The summed E-state index contributed by atoms with van der Waals surface area (Å²) in [5.74, 6) is 2.11. The lowest BCUT2D eigenvalue weighted by molar-refractivity contribution is 0.398. The minimum absolute atomic E-state index is 0.136. The Balaban J connectivity index is 1.65. The molecule has 0 fully saturated rings. The van der Waals surface area contributed by atoms with Gasteiger partial charge >= 0.3 is 0 Å². The van der Waals surface area contributed by atoms with Gasteiger partial charge in [0.15, 0.2) is 11.5 Å². The van der Waals surface area contributed by atoms with Crippen LogP contribution in [0.1, 0.15) is 74.9 Å². The number of hydrogen-bond acceptors (Lipinski definition) is 3. The Morgan fingerprint density at radius 3 is 1.34 bits per heavy atom. The summed E-state index contributed by atoms with van der Waals surface area (Å²) in [4.78, 5) is 0. The van der Waals surface area contributed by atoms with E-state index in [4.69, 9.17) is 13.8 Å². The van der Waals surface area contributed by atoms with Crippen molar-refractivity contribution >= 4 is 9.03 Å². The second kappa shape index (κ2) is 13.0. The maximum absolute atomic E-state index is 6.91. The molecule has 3 nitrogen and oxygen atoms in total. The first-order valence-electron chi connectivity index (χ1n) is 15.1. The first-order chi connectivity index (χ1) is 21.0. The van der Waals surface area contributed by atoms with E-state index >= 15 is 0 Å². The molecule has 0 heterocycles. The van der Waals surface area contributed by atoms with Crippen LogP contribution >= 0.6 is 9.03 Å². The maximum Gasteiger partial charge on any atom is 0.215 e. The molecule has 0 radical (unpaired) electrons. The van der Waals surface area contributed by atoms with Gasteiger partial charge in [-0.25, -0.2) is 0 Å². The molecule has 44 heavy (non-hydrogen) atoms. The summed E-state index contributed by atoms with van der Waals surface area (Å²) >= 11 is 0. The lowest BCUT2D eigenvalue weighted by atomic mass is 9.73. The summed E-state index contributed by atoms with van der Waals surface area (Å²) < 4.78 is 18.3. The van der Waals surface area contributed by atoms with Gasteiger partial charge in [0.25, 0.3) is 0 Å². The van der Waals surface area contributed by atoms with Crippen LogP contribution in [0.4, 0.5) is 0 Å². The van der Waals surface area contributed by atoms with Crippen molar-refractivity contribution in [2.75, 3.05) is 7.11 Å². The van der Waals surface area contributed by atoms with Gasteiger partial charge in [0.2, 0.25) is 9.03 Å². The lowest BCUT2D eigenvalue weighted by Crippen LogP contribution is -2.23. The molecule has 4 heteroatoms. The SMILES string of the molecule is COPOc1ccc(C(C)(C)c2ccccc2)cc1Oc1ccc(C(C)(C)c2ccccc2)cc1C(C)(C)c1ccccc1. The molecule has 0 aliphatic carbocycles. The fourth-order valence-corrected chi connectivity index (χ4v) is 6.16. The average Bonchev–Trinajstić information content (AvgIpc) is 3.05. The third kappa shape index (κ3) is 6.46. The summed E-state index contributed by atoms with van der Waals surface area (Å²) in [6, 6.07) is 44.8. The Morgan fingerprint density at radius 1 is 0.432 bits per heavy atom. The topological polar surface area (TPSA) is 27.7 Å². The largest absolute Gasteiger partial charge is 0.453 e. The van der Waals surface area contributed by atoms with Crippen molar-refractivity contribution in [3.63, 3.8) is 0 Å². The van der Waals surface area contributed by atoms with Crippen LogP contribution in [0.2, 0.25) is 0 Å². The van der Waals surface area contributed by atoms with Gasteiger partial charge in [0.05, 0.1) is 0 Å².